The average molecular weight is 189 g/mol. The molecule has 4 heteroatoms. The molecule has 0 aliphatic carbocycles. The standard InChI is InChI=1S/C9H7N3S/c1-13-8-3-2-7-9(6(8)4-10)12-5-11-7/h2-3,5H,1H3,(H,11,12). The second kappa shape index (κ2) is 3.11. The SMILES string of the molecule is CSc1ccc2[nH]cnc2c1C#N. The summed E-state index contributed by atoms with van der Waals surface area (Å²) in [4.78, 5) is 8.05. The molecule has 0 saturated carbocycles. The summed E-state index contributed by atoms with van der Waals surface area (Å²) in [6, 6.07) is 6.05. The van der Waals surface area contributed by atoms with Gasteiger partial charge in [0.05, 0.1) is 17.4 Å². The number of nitriles is 1. The number of rotatable bonds is 1. The maximum atomic E-state index is 8.95. The van der Waals surface area contributed by atoms with Crippen LogP contribution in [0.4, 0.5) is 0 Å². The van der Waals surface area contributed by atoms with Gasteiger partial charge >= 0.3 is 0 Å². The van der Waals surface area contributed by atoms with E-state index >= 15 is 0 Å². The number of imidazole rings is 1. The highest BCUT2D eigenvalue weighted by Crippen LogP contribution is 2.25. The van der Waals surface area contributed by atoms with Crippen molar-refractivity contribution in [3.05, 3.63) is 24.0 Å². The van der Waals surface area contributed by atoms with Gasteiger partial charge in [0.15, 0.2) is 0 Å². The molecule has 64 valence electrons. The number of benzene rings is 1. The predicted molar refractivity (Wildman–Crippen MR) is 52.6 cm³/mol. The van der Waals surface area contributed by atoms with E-state index < -0.39 is 0 Å². The highest BCUT2D eigenvalue weighted by molar-refractivity contribution is 7.98. The average Bonchev–Trinajstić information content (AvgIpc) is 2.63. The van der Waals surface area contributed by atoms with E-state index in [1.807, 2.05) is 18.4 Å². The number of hydrogen-bond donors (Lipinski definition) is 1. The molecule has 0 bridgehead atoms. The van der Waals surface area contributed by atoms with Crippen molar-refractivity contribution in [2.45, 2.75) is 4.90 Å². The van der Waals surface area contributed by atoms with Crippen molar-refractivity contribution in [2.24, 2.45) is 0 Å². The van der Waals surface area contributed by atoms with Crippen molar-refractivity contribution in [2.75, 3.05) is 6.26 Å². The second-order valence-corrected chi connectivity index (χ2v) is 3.40. The van der Waals surface area contributed by atoms with Crippen LogP contribution >= 0.6 is 11.8 Å². The van der Waals surface area contributed by atoms with E-state index in [0.717, 1.165) is 15.9 Å². The zero-order chi connectivity index (χ0) is 9.26. The van der Waals surface area contributed by atoms with E-state index in [0.29, 0.717) is 5.56 Å². The minimum Gasteiger partial charge on any atom is -0.345 e. The summed E-state index contributed by atoms with van der Waals surface area (Å²) in [5.74, 6) is 0. The van der Waals surface area contributed by atoms with Gasteiger partial charge in [-0.15, -0.1) is 11.8 Å². The Hall–Kier alpha value is -1.47. The minimum absolute atomic E-state index is 0.659. The van der Waals surface area contributed by atoms with Crippen LogP contribution in [0.25, 0.3) is 11.0 Å². The molecule has 1 aromatic heterocycles. The number of H-pyrrole nitrogens is 1. The lowest BCUT2D eigenvalue weighted by Crippen LogP contribution is -1.82. The van der Waals surface area contributed by atoms with Gasteiger partial charge in [-0.3, -0.25) is 0 Å². The Morgan fingerprint density at radius 3 is 3.08 bits per heavy atom. The van der Waals surface area contributed by atoms with E-state index in [9.17, 15) is 0 Å². The summed E-state index contributed by atoms with van der Waals surface area (Å²) in [6.45, 7) is 0. The monoisotopic (exact) mass is 189 g/mol. The lowest BCUT2D eigenvalue weighted by Gasteiger charge is -1.98. The van der Waals surface area contributed by atoms with Gasteiger partial charge < -0.3 is 4.98 Å². The molecule has 13 heavy (non-hydrogen) atoms. The van der Waals surface area contributed by atoms with Crippen LogP contribution in [0, 0.1) is 11.3 Å². The Labute approximate surface area is 79.8 Å². The fourth-order valence-electron chi connectivity index (χ4n) is 1.27. The lowest BCUT2D eigenvalue weighted by atomic mass is 10.2. The number of nitrogens with zero attached hydrogens (tertiary/aromatic N) is 2. The number of aromatic nitrogens is 2. The van der Waals surface area contributed by atoms with E-state index in [2.05, 4.69) is 16.0 Å². The summed E-state index contributed by atoms with van der Waals surface area (Å²) < 4.78 is 0. The quantitative estimate of drug-likeness (QED) is 0.699. The van der Waals surface area contributed by atoms with E-state index in [1.54, 1.807) is 18.1 Å². The summed E-state index contributed by atoms with van der Waals surface area (Å²) in [5.41, 5.74) is 2.33. The Balaban J connectivity index is 2.84. The first-order chi connectivity index (χ1) is 6.36. The summed E-state index contributed by atoms with van der Waals surface area (Å²) in [5, 5.41) is 8.95. The van der Waals surface area contributed by atoms with Crippen LogP contribution in [-0.4, -0.2) is 16.2 Å². The van der Waals surface area contributed by atoms with Crippen LogP contribution in [0.15, 0.2) is 23.4 Å². The third-order valence-corrected chi connectivity index (χ3v) is 2.67. The van der Waals surface area contributed by atoms with Crippen molar-refractivity contribution in [1.29, 1.82) is 5.26 Å². The Morgan fingerprint density at radius 1 is 1.54 bits per heavy atom. The molecule has 0 radical (unpaired) electrons. The van der Waals surface area contributed by atoms with E-state index in [-0.39, 0.29) is 0 Å². The van der Waals surface area contributed by atoms with E-state index in [1.165, 1.54) is 0 Å². The molecule has 2 rings (SSSR count). The van der Waals surface area contributed by atoms with Crippen LogP contribution < -0.4 is 0 Å². The van der Waals surface area contributed by atoms with Crippen LogP contribution in [0.3, 0.4) is 0 Å². The van der Waals surface area contributed by atoms with Gasteiger partial charge in [0.2, 0.25) is 0 Å². The third kappa shape index (κ3) is 1.18. The molecular weight excluding hydrogens is 182 g/mol. The topological polar surface area (TPSA) is 52.5 Å². The van der Waals surface area contributed by atoms with Gasteiger partial charge in [0.1, 0.15) is 11.6 Å². The molecule has 3 nitrogen and oxygen atoms in total. The largest absolute Gasteiger partial charge is 0.345 e. The number of nitrogens with one attached hydrogen (secondary N) is 1. The van der Waals surface area contributed by atoms with Crippen molar-refractivity contribution < 1.29 is 0 Å². The van der Waals surface area contributed by atoms with Gasteiger partial charge in [-0.2, -0.15) is 5.26 Å². The first-order valence-corrected chi connectivity index (χ1v) is 4.99. The normalized spacial score (nSPS) is 10.2. The fourth-order valence-corrected chi connectivity index (χ4v) is 1.82. The number of fused-ring (bicyclic) bond motifs is 1. The summed E-state index contributed by atoms with van der Waals surface area (Å²) >= 11 is 1.56. The van der Waals surface area contributed by atoms with Crippen molar-refractivity contribution in [3.8, 4) is 6.07 Å². The molecule has 2 aromatic rings. The van der Waals surface area contributed by atoms with Crippen LogP contribution in [0.1, 0.15) is 5.56 Å². The molecule has 0 unspecified atom stereocenters. The maximum Gasteiger partial charge on any atom is 0.107 e. The highest BCUT2D eigenvalue weighted by atomic mass is 32.2. The third-order valence-electron chi connectivity index (χ3n) is 1.89. The van der Waals surface area contributed by atoms with Gasteiger partial charge in [0, 0.05) is 4.90 Å². The smallest absolute Gasteiger partial charge is 0.107 e. The molecular formula is C9H7N3S. The zero-order valence-corrected chi connectivity index (χ0v) is 7.85. The fraction of sp³-hybridized carbons (Fsp3) is 0.111. The predicted octanol–water partition coefficient (Wildman–Crippen LogP) is 2.16. The molecule has 0 aliphatic rings. The Morgan fingerprint density at radius 2 is 2.38 bits per heavy atom. The molecule has 0 fully saturated rings. The molecule has 0 amide bonds. The summed E-state index contributed by atoms with van der Waals surface area (Å²) in [6.07, 6.45) is 3.56. The van der Waals surface area contributed by atoms with Crippen LogP contribution in [0.2, 0.25) is 0 Å². The summed E-state index contributed by atoms with van der Waals surface area (Å²) in [7, 11) is 0. The number of hydrogen-bond acceptors (Lipinski definition) is 3. The second-order valence-electron chi connectivity index (χ2n) is 2.55. The number of thioether (sulfide) groups is 1. The number of aromatic amines is 1. The molecule has 0 atom stereocenters. The lowest BCUT2D eigenvalue weighted by molar-refractivity contribution is 1.33. The van der Waals surface area contributed by atoms with Gasteiger partial charge in [-0.05, 0) is 18.4 Å². The van der Waals surface area contributed by atoms with Crippen LogP contribution in [0.5, 0.6) is 0 Å². The molecule has 0 saturated heterocycles. The first kappa shape index (κ1) is 8.14. The van der Waals surface area contributed by atoms with Crippen LogP contribution in [-0.2, 0) is 0 Å². The van der Waals surface area contributed by atoms with E-state index in [4.69, 9.17) is 5.26 Å². The van der Waals surface area contributed by atoms with Crippen molar-refractivity contribution in [3.63, 3.8) is 0 Å². The van der Waals surface area contributed by atoms with Gasteiger partial charge in [-0.1, -0.05) is 0 Å². The molecule has 1 N–H and O–H groups in total. The molecule has 1 aromatic carbocycles. The Bertz CT molecular complexity index is 481. The van der Waals surface area contributed by atoms with Crippen molar-refractivity contribution in [1.82, 2.24) is 9.97 Å². The highest BCUT2D eigenvalue weighted by Gasteiger charge is 2.07. The minimum atomic E-state index is 0.659. The first-order valence-electron chi connectivity index (χ1n) is 3.77. The maximum absolute atomic E-state index is 8.95. The molecule has 1 heterocycles. The zero-order valence-electron chi connectivity index (χ0n) is 7.03. The molecule has 0 spiro atoms. The Kier molecular flexibility index (Phi) is 1.95. The van der Waals surface area contributed by atoms with Crippen molar-refractivity contribution >= 4 is 22.8 Å². The van der Waals surface area contributed by atoms with Gasteiger partial charge in [0.25, 0.3) is 0 Å². The molecule has 0 aliphatic heterocycles. The van der Waals surface area contributed by atoms with Gasteiger partial charge in [-0.25, -0.2) is 4.98 Å².